The summed E-state index contributed by atoms with van der Waals surface area (Å²) in [6.45, 7) is 2.84. The van der Waals surface area contributed by atoms with E-state index in [1.807, 2.05) is 24.3 Å². The molecule has 2 aromatic rings. The molecule has 0 aromatic heterocycles. The van der Waals surface area contributed by atoms with E-state index in [4.69, 9.17) is 19.9 Å². The highest BCUT2D eigenvalue weighted by Gasteiger charge is 2.35. The molecule has 3 rings (SSSR count). The summed E-state index contributed by atoms with van der Waals surface area (Å²) >= 11 is 1.42. The fraction of sp³-hybridized carbons (Fsp3) is 0.364. The van der Waals surface area contributed by atoms with Gasteiger partial charge in [0, 0.05) is 48.5 Å². The van der Waals surface area contributed by atoms with E-state index in [-0.39, 0.29) is 12.2 Å². The van der Waals surface area contributed by atoms with Crippen molar-refractivity contribution in [2.75, 3.05) is 20.3 Å². The molecule has 1 heterocycles. The Morgan fingerprint density at radius 3 is 2.69 bits per heavy atom. The molecule has 1 aliphatic heterocycles. The molecule has 1 fully saturated rings. The maximum absolute atomic E-state index is 14.4. The summed E-state index contributed by atoms with van der Waals surface area (Å²) in [5, 5.41) is 21.4. The Hall–Kier alpha value is -2.40. The molecule has 0 bridgehead atoms. The molecule has 1 N–H and O–H groups in total. The van der Waals surface area contributed by atoms with Gasteiger partial charge >= 0.3 is 0 Å². The van der Waals surface area contributed by atoms with Crippen LogP contribution in [0.5, 0.6) is 0 Å². The number of hydrogen-bond donors (Lipinski definition) is 1. The minimum Gasteiger partial charge on any atom is -0.411 e. The van der Waals surface area contributed by atoms with Gasteiger partial charge in [0.2, 0.25) is 0 Å². The molecule has 7 heteroatoms. The van der Waals surface area contributed by atoms with Gasteiger partial charge in [0.1, 0.15) is 5.82 Å². The predicted octanol–water partition coefficient (Wildman–Crippen LogP) is 4.89. The number of methoxy groups -OCH3 is 1. The summed E-state index contributed by atoms with van der Waals surface area (Å²) in [7, 11) is 1.65. The second-order valence-corrected chi connectivity index (χ2v) is 8.07. The topological polar surface area (TPSA) is 74.8 Å². The molecule has 1 saturated heterocycles. The van der Waals surface area contributed by atoms with Crippen LogP contribution in [-0.2, 0) is 21.5 Å². The first-order valence-electron chi connectivity index (χ1n) is 9.32. The quantitative estimate of drug-likeness (QED) is 0.414. The zero-order chi connectivity index (χ0) is 20.9. The molecule has 152 valence electrons. The Labute approximate surface area is 174 Å². The second-order valence-electron chi connectivity index (χ2n) is 6.93. The van der Waals surface area contributed by atoms with Crippen LogP contribution in [0.3, 0.4) is 0 Å². The first kappa shape index (κ1) is 21.3. The molecule has 0 aliphatic carbocycles. The fourth-order valence-electron chi connectivity index (χ4n) is 3.60. The molecule has 0 unspecified atom stereocenters. The molecule has 0 saturated carbocycles. The van der Waals surface area contributed by atoms with Gasteiger partial charge in [0.05, 0.1) is 23.8 Å². The normalized spacial score (nSPS) is 16.4. The highest BCUT2D eigenvalue weighted by Crippen LogP contribution is 2.39. The molecule has 0 radical (unpaired) electrons. The van der Waals surface area contributed by atoms with Crippen molar-refractivity contribution in [1.82, 2.24) is 0 Å². The summed E-state index contributed by atoms with van der Waals surface area (Å²) in [5.74, 6) is -0.315. The van der Waals surface area contributed by atoms with Crippen LogP contribution in [0.1, 0.15) is 36.5 Å². The molecule has 5 nitrogen and oxygen atoms in total. The average Bonchev–Trinajstić information content (AvgIpc) is 2.73. The Morgan fingerprint density at radius 1 is 1.28 bits per heavy atom. The monoisotopic (exact) mass is 414 g/mol. The predicted molar refractivity (Wildman–Crippen MR) is 109 cm³/mol. The van der Waals surface area contributed by atoms with Gasteiger partial charge in [-0.3, -0.25) is 0 Å². The fourth-order valence-corrected chi connectivity index (χ4v) is 4.57. The van der Waals surface area contributed by atoms with Gasteiger partial charge in [-0.05, 0) is 48.4 Å². The zero-order valence-corrected chi connectivity index (χ0v) is 17.3. The summed E-state index contributed by atoms with van der Waals surface area (Å²) < 4.78 is 25.7. The maximum atomic E-state index is 14.4. The van der Waals surface area contributed by atoms with E-state index in [2.05, 4.69) is 11.2 Å². The number of nitrogens with zero attached hydrogens (tertiary/aromatic N) is 2. The first-order chi connectivity index (χ1) is 14.0. The molecular weight excluding hydrogens is 391 g/mol. The van der Waals surface area contributed by atoms with Crippen LogP contribution in [-0.4, -0.2) is 31.2 Å². The maximum Gasteiger partial charge on any atom is 0.124 e. The summed E-state index contributed by atoms with van der Waals surface area (Å²) in [6.07, 6.45) is 1.55. The van der Waals surface area contributed by atoms with Gasteiger partial charge in [0.25, 0.3) is 0 Å². The van der Waals surface area contributed by atoms with Crippen molar-refractivity contribution in [3.63, 3.8) is 0 Å². The van der Waals surface area contributed by atoms with Crippen LogP contribution in [0, 0.1) is 17.1 Å². The van der Waals surface area contributed by atoms with E-state index in [0.29, 0.717) is 31.8 Å². The number of benzene rings is 2. The van der Waals surface area contributed by atoms with Gasteiger partial charge in [0.15, 0.2) is 0 Å². The van der Waals surface area contributed by atoms with Gasteiger partial charge < -0.3 is 14.7 Å². The molecule has 0 amide bonds. The van der Waals surface area contributed by atoms with E-state index in [0.717, 1.165) is 26.5 Å². The van der Waals surface area contributed by atoms with Crippen molar-refractivity contribution in [2.24, 2.45) is 5.16 Å². The standard InChI is InChI=1S/C22H23FN2O3S/c1-15(25-26)21-4-3-19(11-16(21)5-8-24)29-20-13-17(12-18(23)14-20)22(27-2)6-9-28-10-7-22/h3-4,11-14,26H,5-7,9-10H2,1-2H3/b25-15+. The van der Waals surface area contributed by atoms with Gasteiger partial charge in [-0.1, -0.05) is 23.0 Å². The molecule has 0 atom stereocenters. The number of hydrogen-bond acceptors (Lipinski definition) is 6. The second kappa shape index (κ2) is 9.40. The van der Waals surface area contributed by atoms with Gasteiger partial charge in [-0.25, -0.2) is 4.39 Å². The zero-order valence-electron chi connectivity index (χ0n) is 16.4. The van der Waals surface area contributed by atoms with E-state index < -0.39 is 5.60 Å². The van der Waals surface area contributed by atoms with E-state index in [1.165, 1.54) is 23.9 Å². The lowest BCUT2D eigenvalue weighted by Gasteiger charge is -2.36. The largest absolute Gasteiger partial charge is 0.411 e. The number of oxime groups is 1. The lowest BCUT2D eigenvalue weighted by atomic mass is 9.86. The third-order valence-corrected chi connectivity index (χ3v) is 6.17. The lowest BCUT2D eigenvalue weighted by molar-refractivity contribution is -0.0950. The molecular formula is C22H23FN2O3S. The van der Waals surface area contributed by atoms with Crippen LogP contribution in [0.4, 0.5) is 4.39 Å². The van der Waals surface area contributed by atoms with Gasteiger partial charge in [-0.2, -0.15) is 5.26 Å². The molecule has 1 aliphatic rings. The van der Waals surface area contributed by atoms with Crippen LogP contribution < -0.4 is 0 Å². The minimum absolute atomic E-state index is 0.192. The Kier molecular flexibility index (Phi) is 6.91. The molecule has 0 spiro atoms. The summed E-state index contributed by atoms with van der Waals surface area (Å²) in [4.78, 5) is 1.63. The van der Waals surface area contributed by atoms with Crippen LogP contribution in [0.15, 0.2) is 51.3 Å². The van der Waals surface area contributed by atoms with Crippen molar-refractivity contribution in [3.05, 3.63) is 58.9 Å². The minimum atomic E-state index is -0.541. The first-order valence-corrected chi connectivity index (χ1v) is 10.1. The number of halogens is 1. The van der Waals surface area contributed by atoms with Crippen molar-refractivity contribution in [2.45, 2.75) is 41.6 Å². The highest BCUT2D eigenvalue weighted by molar-refractivity contribution is 7.99. The third-order valence-electron chi connectivity index (χ3n) is 5.21. The third kappa shape index (κ3) is 4.78. The van der Waals surface area contributed by atoms with Gasteiger partial charge in [-0.15, -0.1) is 0 Å². The number of ether oxygens (including phenoxy) is 2. The molecule has 2 aromatic carbocycles. The van der Waals surface area contributed by atoms with Crippen molar-refractivity contribution >= 4 is 17.5 Å². The Morgan fingerprint density at radius 2 is 2.03 bits per heavy atom. The summed E-state index contributed by atoms with van der Waals surface area (Å²) in [6, 6.07) is 12.7. The van der Waals surface area contributed by atoms with Crippen molar-refractivity contribution in [3.8, 4) is 6.07 Å². The van der Waals surface area contributed by atoms with Crippen LogP contribution >= 0.6 is 11.8 Å². The van der Waals surface area contributed by atoms with Crippen LogP contribution in [0.25, 0.3) is 0 Å². The molecule has 29 heavy (non-hydrogen) atoms. The van der Waals surface area contributed by atoms with Crippen molar-refractivity contribution < 1.29 is 19.1 Å². The Bertz CT molecular complexity index is 950. The van der Waals surface area contributed by atoms with Crippen molar-refractivity contribution in [1.29, 1.82) is 5.26 Å². The number of nitriles is 1. The summed E-state index contributed by atoms with van der Waals surface area (Å²) in [5.41, 5.74) is 2.20. The SMILES string of the molecule is COC1(c2cc(F)cc(Sc3ccc(/C(C)=N/O)c(CC#N)c3)c2)CCOCC1. The highest BCUT2D eigenvalue weighted by atomic mass is 32.2. The van der Waals surface area contributed by atoms with Crippen LogP contribution in [0.2, 0.25) is 0 Å². The van der Waals surface area contributed by atoms with E-state index in [9.17, 15) is 4.39 Å². The smallest absolute Gasteiger partial charge is 0.124 e. The van der Waals surface area contributed by atoms with E-state index in [1.54, 1.807) is 14.0 Å². The number of rotatable bonds is 6. The lowest BCUT2D eigenvalue weighted by Crippen LogP contribution is -2.35. The van der Waals surface area contributed by atoms with E-state index >= 15 is 0 Å². The Balaban J connectivity index is 1.93. The average molecular weight is 415 g/mol.